The molecule has 0 aliphatic rings. The van der Waals surface area contributed by atoms with E-state index in [0.29, 0.717) is 22.5 Å². The molecule has 2 aromatic heterocycles. The summed E-state index contributed by atoms with van der Waals surface area (Å²) in [6.07, 6.45) is -1.99. The maximum absolute atomic E-state index is 12.9. The molecule has 0 radical (unpaired) electrons. The standard InChI is InChI=1S/C28H30F3N9O3S/c1-3-43-24-11-6-19(12-25(24)44(33,41)42)21-9-10-22-26(38-21)23(13-34-14-28(29,30)31)40-27(39-22)37-17(2)18-4-7-20(8-5-18)36-16-35-15-32/h4-12,15-17,34H,3,13-14H2,1-2H3,(H2,32,35,36)(H2,33,41,42)(H,37,39,40). The molecule has 0 aliphatic heterocycles. The number of nitrogens with one attached hydrogen (secondary N) is 2. The summed E-state index contributed by atoms with van der Waals surface area (Å²) in [6.45, 7) is 2.31. The molecule has 2 heterocycles. The van der Waals surface area contributed by atoms with Crippen LogP contribution >= 0.6 is 0 Å². The van der Waals surface area contributed by atoms with Crippen LogP contribution in [0.2, 0.25) is 0 Å². The van der Waals surface area contributed by atoms with Gasteiger partial charge in [-0.15, -0.1) is 0 Å². The third-order valence-electron chi connectivity index (χ3n) is 6.18. The number of primary sulfonamides is 1. The number of hydrogen-bond acceptors (Lipinski definition) is 9. The van der Waals surface area contributed by atoms with Gasteiger partial charge in [0.05, 0.1) is 48.1 Å². The Morgan fingerprint density at radius 3 is 2.48 bits per heavy atom. The highest BCUT2D eigenvalue weighted by molar-refractivity contribution is 7.89. The van der Waals surface area contributed by atoms with Gasteiger partial charge in [-0.3, -0.25) is 0 Å². The number of anilines is 1. The minimum absolute atomic E-state index is 0.0906. The number of rotatable bonds is 12. The highest BCUT2D eigenvalue weighted by atomic mass is 32.2. The minimum atomic E-state index is -4.43. The molecule has 0 fully saturated rings. The van der Waals surface area contributed by atoms with Gasteiger partial charge in [-0.1, -0.05) is 12.1 Å². The summed E-state index contributed by atoms with van der Waals surface area (Å²) in [5, 5.41) is 10.9. The summed E-state index contributed by atoms with van der Waals surface area (Å²) in [6, 6.07) is 14.7. The molecule has 232 valence electrons. The second-order valence-electron chi connectivity index (χ2n) is 9.42. The Balaban J connectivity index is 1.69. The van der Waals surface area contributed by atoms with E-state index in [1.165, 1.54) is 18.5 Å². The van der Waals surface area contributed by atoms with Crippen LogP contribution in [0, 0.1) is 0 Å². The van der Waals surface area contributed by atoms with Gasteiger partial charge in [0.2, 0.25) is 16.0 Å². The van der Waals surface area contributed by atoms with Crippen molar-refractivity contribution in [2.75, 3.05) is 18.5 Å². The molecule has 16 heteroatoms. The van der Waals surface area contributed by atoms with Gasteiger partial charge in [-0.2, -0.15) is 13.2 Å². The summed E-state index contributed by atoms with van der Waals surface area (Å²) in [5.41, 5.74) is 8.28. The normalized spacial score (nSPS) is 13.1. The molecule has 0 saturated carbocycles. The molecular formula is C28H30F3N9O3S. The van der Waals surface area contributed by atoms with Crippen molar-refractivity contribution in [1.82, 2.24) is 20.3 Å². The Kier molecular flexibility index (Phi) is 10.1. The van der Waals surface area contributed by atoms with E-state index in [2.05, 4.69) is 35.6 Å². The van der Waals surface area contributed by atoms with Gasteiger partial charge in [0, 0.05) is 12.1 Å². The Morgan fingerprint density at radius 1 is 1.07 bits per heavy atom. The molecular weight excluding hydrogens is 599 g/mol. The van der Waals surface area contributed by atoms with Gasteiger partial charge >= 0.3 is 6.18 Å². The van der Waals surface area contributed by atoms with Crippen LogP contribution in [0.1, 0.15) is 31.1 Å². The third-order valence-corrected chi connectivity index (χ3v) is 7.11. The first-order chi connectivity index (χ1) is 20.9. The summed E-state index contributed by atoms with van der Waals surface area (Å²) >= 11 is 0. The molecule has 4 rings (SSSR count). The van der Waals surface area contributed by atoms with Crippen molar-refractivity contribution in [3.05, 3.63) is 65.9 Å². The van der Waals surface area contributed by atoms with Gasteiger partial charge in [0.15, 0.2) is 0 Å². The number of nitrogens with two attached hydrogens (primary N) is 2. The van der Waals surface area contributed by atoms with E-state index >= 15 is 0 Å². The first kappa shape index (κ1) is 32.2. The SMILES string of the molecule is CCOc1ccc(-c2ccc3nc(NC(C)c4ccc(N=CN=CN)cc4)nc(CNCC(F)(F)F)c3n2)cc1S(N)(=O)=O. The molecule has 0 amide bonds. The molecule has 12 nitrogen and oxygen atoms in total. The van der Waals surface area contributed by atoms with Crippen LogP contribution in [0.25, 0.3) is 22.3 Å². The van der Waals surface area contributed by atoms with Gasteiger partial charge in [0.25, 0.3) is 0 Å². The van der Waals surface area contributed by atoms with Crippen molar-refractivity contribution in [2.24, 2.45) is 20.9 Å². The summed E-state index contributed by atoms with van der Waals surface area (Å²) in [5.74, 6) is 0.271. The number of ether oxygens (including phenoxy) is 1. The van der Waals surface area contributed by atoms with E-state index in [-0.39, 0.29) is 47.0 Å². The van der Waals surface area contributed by atoms with E-state index in [4.69, 9.17) is 15.6 Å². The van der Waals surface area contributed by atoms with Crippen LogP contribution in [0.15, 0.2) is 69.5 Å². The van der Waals surface area contributed by atoms with Crippen molar-refractivity contribution < 1.29 is 26.3 Å². The number of sulfonamides is 1. The average molecular weight is 630 g/mol. The number of alkyl halides is 3. The number of halogens is 3. The zero-order chi connectivity index (χ0) is 31.9. The summed E-state index contributed by atoms with van der Waals surface area (Å²) < 4.78 is 68.6. The van der Waals surface area contributed by atoms with Crippen molar-refractivity contribution in [1.29, 1.82) is 0 Å². The average Bonchev–Trinajstić information content (AvgIpc) is 2.96. The van der Waals surface area contributed by atoms with Crippen LogP contribution in [-0.4, -0.2) is 55.4 Å². The van der Waals surface area contributed by atoms with Gasteiger partial charge in [-0.25, -0.2) is 38.5 Å². The smallest absolute Gasteiger partial charge is 0.401 e. The van der Waals surface area contributed by atoms with E-state index in [0.717, 1.165) is 11.9 Å². The fraction of sp³-hybridized carbons (Fsp3) is 0.250. The number of pyridine rings is 1. The first-order valence-corrected chi connectivity index (χ1v) is 14.8. The molecule has 0 spiro atoms. The van der Waals surface area contributed by atoms with E-state index < -0.39 is 22.7 Å². The Labute approximate surface area is 251 Å². The second kappa shape index (κ2) is 13.7. The predicted molar refractivity (Wildman–Crippen MR) is 162 cm³/mol. The van der Waals surface area contributed by atoms with Crippen molar-refractivity contribution in [2.45, 2.75) is 37.5 Å². The van der Waals surface area contributed by atoms with Gasteiger partial charge in [-0.05, 0) is 61.9 Å². The highest BCUT2D eigenvalue weighted by Crippen LogP contribution is 2.30. The lowest BCUT2D eigenvalue weighted by molar-refractivity contribution is -0.125. The summed E-state index contributed by atoms with van der Waals surface area (Å²) in [4.78, 5) is 21.3. The Morgan fingerprint density at radius 2 is 1.82 bits per heavy atom. The molecule has 44 heavy (non-hydrogen) atoms. The molecule has 0 saturated heterocycles. The minimum Gasteiger partial charge on any atom is -0.492 e. The molecule has 0 aliphatic carbocycles. The first-order valence-electron chi connectivity index (χ1n) is 13.3. The van der Waals surface area contributed by atoms with Crippen molar-refractivity contribution in [3.63, 3.8) is 0 Å². The largest absolute Gasteiger partial charge is 0.492 e. The lowest BCUT2D eigenvalue weighted by Gasteiger charge is -2.17. The fourth-order valence-corrected chi connectivity index (χ4v) is 4.87. The zero-order valence-corrected chi connectivity index (χ0v) is 24.5. The molecule has 0 bridgehead atoms. The van der Waals surface area contributed by atoms with Crippen LogP contribution in [0.4, 0.5) is 24.8 Å². The maximum atomic E-state index is 12.9. The third kappa shape index (κ3) is 8.46. The molecule has 1 atom stereocenters. The van der Waals surface area contributed by atoms with E-state index in [1.54, 1.807) is 37.3 Å². The van der Waals surface area contributed by atoms with E-state index in [9.17, 15) is 21.6 Å². The Hall–Kier alpha value is -4.67. The monoisotopic (exact) mass is 629 g/mol. The van der Waals surface area contributed by atoms with Crippen LogP contribution < -0.4 is 26.2 Å². The van der Waals surface area contributed by atoms with Crippen molar-refractivity contribution in [3.8, 4) is 17.0 Å². The number of nitrogens with zero attached hydrogens (tertiary/aromatic N) is 5. The van der Waals surface area contributed by atoms with E-state index in [1.807, 2.05) is 19.1 Å². The number of aliphatic imine (C=N–C) groups is 2. The Bertz CT molecular complexity index is 1780. The molecule has 2 aromatic carbocycles. The van der Waals surface area contributed by atoms with Gasteiger partial charge < -0.3 is 21.1 Å². The number of aromatic nitrogens is 3. The lowest BCUT2D eigenvalue weighted by Crippen LogP contribution is -2.29. The zero-order valence-electron chi connectivity index (χ0n) is 23.7. The fourth-order valence-electron chi connectivity index (χ4n) is 4.17. The highest BCUT2D eigenvalue weighted by Gasteiger charge is 2.26. The molecule has 1 unspecified atom stereocenters. The topological polar surface area (TPSA) is 183 Å². The summed E-state index contributed by atoms with van der Waals surface area (Å²) in [7, 11) is -4.13. The number of hydrogen-bond donors (Lipinski definition) is 4. The number of benzene rings is 2. The van der Waals surface area contributed by atoms with Crippen LogP contribution in [-0.2, 0) is 16.6 Å². The van der Waals surface area contributed by atoms with Gasteiger partial charge in [0.1, 0.15) is 22.5 Å². The maximum Gasteiger partial charge on any atom is 0.401 e. The van der Waals surface area contributed by atoms with Crippen LogP contribution in [0.5, 0.6) is 5.75 Å². The quantitative estimate of drug-likeness (QED) is 0.132. The number of fused-ring (bicyclic) bond motifs is 1. The lowest BCUT2D eigenvalue weighted by atomic mass is 10.1. The van der Waals surface area contributed by atoms with Crippen molar-refractivity contribution >= 4 is 45.4 Å². The predicted octanol–water partition coefficient (Wildman–Crippen LogP) is 4.21. The molecule has 4 aromatic rings. The second-order valence-corrected chi connectivity index (χ2v) is 10.9. The van der Waals surface area contributed by atoms with Crippen LogP contribution in [0.3, 0.4) is 0 Å². The molecule has 6 N–H and O–H groups in total.